The number of thiophene rings is 1. The number of carbonyl (C=O) groups is 2. The molecule has 6 nitrogen and oxygen atoms in total. The lowest BCUT2D eigenvalue weighted by atomic mass is 9.95. The van der Waals surface area contributed by atoms with Gasteiger partial charge in [0.1, 0.15) is 9.71 Å². The van der Waals surface area contributed by atoms with Crippen LogP contribution in [0.5, 0.6) is 0 Å². The highest BCUT2D eigenvalue weighted by Crippen LogP contribution is 2.28. The van der Waals surface area contributed by atoms with Gasteiger partial charge in [-0.1, -0.05) is 19.3 Å². The van der Waals surface area contributed by atoms with Crippen LogP contribution in [0.2, 0.25) is 0 Å². The van der Waals surface area contributed by atoms with E-state index in [1.807, 2.05) is 14.0 Å². The zero-order chi connectivity index (χ0) is 17.3. The van der Waals surface area contributed by atoms with Crippen LogP contribution in [0.3, 0.4) is 0 Å². The lowest BCUT2D eigenvalue weighted by molar-refractivity contribution is -0.130. The number of hydrogen-bond donors (Lipinski definition) is 1. The first kappa shape index (κ1) is 17.0. The van der Waals surface area contributed by atoms with E-state index < -0.39 is 12.1 Å². The number of hydrogen-bond acceptors (Lipinski definition) is 5. The SMILES string of the molecule is Cc1nn(C)c2sc(C(=O)O[C@@H](C)C(=O)NC3CCCCC3)cc12. The Labute approximate surface area is 145 Å². The number of amides is 1. The van der Waals surface area contributed by atoms with Gasteiger partial charge in [0.2, 0.25) is 0 Å². The van der Waals surface area contributed by atoms with E-state index in [0.717, 1.165) is 41.6 Å². The molecule has 1 atom stereocenters. The maximum Gasteiger partial charge on any atom is 0.349 e. The number of rotatable bonds is 4. The summed E-state index contributed by atoms with van der Waals surface area (Å²) in [6.07, 6.45) is 4.76. The molecule has 1 saturated carbocycles. The van der Waals surface area contributed by atoms with Crippen molar-refractivity contribution in [2.45, 2.75) is 58.1 Å². The van der Waals surface area contributed by atoms with Gasteiger partial charge in [-0.25, -0.2) is 4.79 Å². The predicted molar refractivity (Wildman–Crippen MR) is 93.2 cm³/mol. The number of esters is 1. The topological polar surface area (TPSA) is 73.2 Å². The van der Waals surface area contributed by atoms with Crippen molar-refractivity contribution in [1.29, 1.82) is 0 Å². The van der Waals surface area contributed by atoms with Crippen LogP contribution in [0.15, 0.2) is 6.07 Å². The van der Waals surface area contributed by atoms with Crippen LogP contribution in [-0.2, 0) is 16.6 Å². The summed E-state index contributed by atoms with van der Waals surface area (Å²) in [5.74, 6) is -0.670. The van der Waals surface area contributed by atoms with Gasteiger partial charge >= 0.3 is 5.97 Å². The molecule has 2 heterocycles. The minimum Gasteiger partial charge on any atom is -0.448 e. The Balaban J connectivity index is 1.62. The number of fused-ring (bicyclic) bond motifs is 1. The van der Waals surface area contributed by atoms with E-state index in [4.69, 9.17) is 4.74 Å². The fourth-order valence-corrected chi connectivity index (χ4v) is 4.15. The van der Waals surface area contributed by atoms with Crippen LogP contribution in [0.4, 0.5) is 0 Å². The standard InChI is InChI=1S/C17H23N3O3S/c1-10-13-9-14(24-16(13)20(3)19-10)17(22)23-11(2)15(21)18-12-7-5-4-6-8-12/h9,11-12H,4-8H2,1-3H3,(H,18,21)/t11-/m0/s1. The van der Waals surface area contributed by atoms with Crippen LogP contribution in [0.25, 0.3) is 10.2 Å². The maximum atomic E-state index is 12.3. The van der Waals surface area contributed by atoms with E-state index >= 15 is 0 Å². The van der Waals surface area contributed by atoms with Crippen molar-refractivity contribution in [3.05, 3.63) is 16.6 Å². The normalized spacial score (nSPS) is 17.0. The Morgan fingerprint density at radius 1 is 1.38 bits per heavy atom. The summed E-state index contributed by atoms with van der Waals surface area (Å²) in [7, 11) is 1.85. The van der Waals surface area contributed by atoms with Crippen molar-refractivity contribution in [3.8, 4) is 0 Å². The third kappa shape index (κ3) is 3.45. The number of carbonyl (C=O) groups excluding carboxylic acids is 2. The monoisotopic (exact) mass is 349 g/mol. The second kappa shape index (κ2) is 6.93. The molecule has 7 heteroatoms. The number of ether oxygens (including phenoxy) is 1. The van der Waals surface area contributed by atoms with E-state index in [-0.39, 0.29) is 11.9 Å². The third-order valence-corrected chi connectivity index (χ3v) is 5.68. The summed E-state index contributed by atoms with van der Waals surface area (Å²) >= 11 is 1.34. The molecule has 0 aromatic carbocycles. The van der Waals surface area contributed by atoms with Gasteiger partial charge in [-0.2, -0.15) is 5.10 Å². The average molecular weight is 349 g/mol. The quantitative estimate of drug-likeness (QED) is 0.861. The molecule has 0 spiro atoms. The van der Waals surface area contributed by atoms with Crippen molar-refractivity contribution in [3.63, 3.8) is 0 Å². The van der Waals surface area contributed by atoms with Gasteiger partial charge in [0.15, 0.2) is 6.10 Å². The van der Waals surface area contributed by atoms with Crippen LogP contribution < -0.4 is 5.32 Å². The Kier molecular flexibility index (Phi) is 4.89. The highest BCUT2D eigenvalue weighted by Gasteiger charge is 2.24. The molecule has 0 saturated heterocycles. The fraction of sp³-hybridized carbons (Fsp3) is 0.588. The molecule has 1 aliphatic rings. The van der Waals surface area contributed by atoms with Crippen LogP contribution in [0.1, 0.15) is 54.4 Å². The number of aromatic nitrogens is 2. The van der Waals surface area contributed by atoms with Crippen LogP contribution in [-0.4, -0.2) is 33.8 Å². The molecule has 130 valence electrons. The van der Waals surface area contributed by atoms with Crippen LogP contribution >= 0.6 is 11.3 Å². The smallest absolute Gasteiger partial charge is 0.349 e. The first-order valence-corrected chi connectivity index (χ1v) is 9.22. The summed E-state index contributed by atoms with van der Waals surface area (Å²) in [4.78, 5) is 26.0. The molecule has 0 unspecified atom stereocenters. The summed E-state index contributed by atoms with van der Waals surface area (Å²) in [6, 6.07) is 2.00. The van der Waals surface area contributed by atoms with Gasteiger partial charge in [0, 0.05) is 18.5 Å². The number of aryl methyl sites for hydroxylation is 2. The van der Waals surface area contributed by atoms with Crippen molar-refractivity contribution in [1.82, 2.24) is 15.1 Å². The lowest BCUT2D eigenvalue weighted by Gasteiger charge is -2.24. The molecule has 1 amide bonds. The maximum absolute atomic E-state index is 12.3. The largest absolute Gasteiger partial charge is 0.448 e. The van der Waals surface area contributed by atoms with Gasteiger partial charge < -0.3 is 10.1 Å². The van der Waals surface area contributed by atoms with Gasteiger partial charge in [0.05, 0.1) is 5.69 Å². The Bertz CT molecular complexity index is 724. The summed E-state index contributed by atoms with van der Waals surface area (Å²) in [5.41, 5.74) is 0.880. The number of nitrogens with one attached hydrogen (secondary N) is 1. The van der Waals surface area contributed by atoms with E-state index in [9.17, 15) is 9.59 Å². The van der Waals surface area contributed by atoms with Crippen molar-refractivity contribution >= 4 is 33.4 Å². The first-order valence-electron chi connectivity index (χ1n) is 8.40. The summed E-state index contributed by atoms with van der Waals surface area (Å²) in [5, 5.41) is 8.26. The van der Waals surface area contributed by atoms with Gasteiger partial charge in [-0.05, 0) is 32.8 Å². The van der Waals surface area contributed by atoms with E-state index in [1.54, 1.807) is 17.7 Å². The van der Waals surface area contributed by atoms with Crippen molar-refractivity contribution in [2.24, 2.45) is 7.05 Å². The second-order valence-electron chi connectivity index (χ2n) is 6.43. The second-order valence-corrected chi connectivity index (χ2v) is 7.46. The van der Waals surface area contributed by atoms with Crippen molar-refractivity contribution < 1.29 is 14.3 Å². The lowest BCUT2D eigenvalue weighted by Crippen LogP contribution is -2.42. The average Bonchev–Trinajstić information content (AvgIpc) is 3.10. The molecule has 0 aliphatic heterocycles. The highest BCUT2D eigenvalue weighted by molar-refractivity contribution is 7.20. The van der Waals surface area contributed by atoms with Crippen LogP contribution in [0, 0.1) is 6.92 Å². The molecule has 24 heavy (non-hydrogen) atoms. The molecule has 2 aromatic heterocycles. The van der Waals surface area contributed by atoms with E-state index in [0.29, 0.717) is 4.88 Å². The first-order chi connectivity index (χ1) is 11.5. The van der Waals surface area contributed by atoms with Gasteiger partial charge in [0.25, 0.3) is 5.91 Å². The molecule has 3 rings (SSSR count). The molecule has 2 aromatic rings. The molecular weight excluding hydrogens is 326 g/mol. The Morgan fingerprint density at radius 2 is 2.08 bits per heavy atom. The minimum atomic E-state index is -0.788. The minimum absolute atomic E-state index is 0.213. The van der Waals surface area contributed by atoms with Gasteiger partial charge in [-0.15, -0.1) is 11.3 Å². The predicted octanol–water partition coefficient (Wildman–Crippen LogP) is 2.94. The summed E-state index contributed by atoms with van der Waals surface area (Å²) in [6.45, 7) is 3.53. The number of nitrogens with zero attached hydrogens (tertiary/aromatic N) is 2. The fourth-order valence-electron chi connectivity index (χ4n) is 3.14. The molecule has 1 aliphatic carbocycles. The van der Waals surface area contributed by atoms with Gasteiger partial charge in [-0.3, -0.25) is 9.48 Å². The Hall–Kier alpha value is -1.89. The third-order valence-electron chi connectivity index (χ3n) is 4.50. The molecular formula is C17H23N3O3S. The van der Waals surface area contributed by atoms with E-state index in [2.05, 4.69) is 10.4 Å². The molecule has 0 bridgehead atoms. The molecule has 1 N–H and O–H groups in total. The highest BCUT2D eigenvalue weighted by atomic mass is 32.1. The molecule has 1 fully saturated rings. The van der Waals surface area contributed by atoms with Crippen molar-refractivity contribution in [2.75, 3.05) is 0 Å². The summed E-state index contributed by atoms with van der Waals surface area (Å²) < 4.78 is 7.10. The zero-order valence-electron chi connectivity index (χ0n) is 14.3. The molecule has 0 radical (unpaired) electrons. The zero-order valence-corrected chi connectivity index (χ0v) is 15.1. The van der Waals surface area contributed by atoms with E-state index in [1.165, 1.54) is 17.8 Å². The Morgan fingerprint density at radius 3 is 2.75 bits per heavy atom.